The average Bonchev–Trinajstić information content (AvgIpc) is 3.54. The summed E-state index contributed by atoms with van der Waals surface area (Å²) >= 11 is 0. The van der Waals surface area contributed by atoms with Gasteiger partial charge < -0.3 is 0 Å². The lowest BCUT2D eigenvalue weighted by atomic mass is 9.66. The molecule has 3 heterocycles. The molecule has 1 N–H and O–H groups in total. The maximum Gasteiger partial charge on any atom is 0.346 e. The lowest BCUT2D eigenvalue weighted by Crippen LogP contribution is -2.49. The second-order valence-electron chi connectivity index (χ2n) is 10.2. The van der Waals surface area contributed by atoms with Crippen LogP contribution in [0.5, 0.6) is 0 Å². The number of Topliss-reactive ketones (excluding diaryl/α,β-unsaturated/α-hetero) is 1. The van der Waals surface area contributed by atoms with Crippen molar-refractivity contribution in [2.75, 3.05) is 13.1 Å². The van der Waals surface area contributed by atoms with Gasteiger partial charge in [-0.05, 0) is 66.7 Å². The van der Waals surface area contributed by atoms with E-state index < -0.39 is 15.9 Å². The quantitative estimate of drug-likeness (QED) is 0.366. The predicted octanol–water partition coefficient (Wildman–Crippen LogP) is 2.72. The third kappa shape index (κ3) is 4.15. The lowest BCUT2D eigenvalue weighted by molar-refractivity contribution is -0.492. The molecule has 0 radical (unpaired) electrons. The standard InChI is InChI=1S/C27H27FN6O3S/c1-17-4-3-5-19(12-17)27(35)26-22-14-30-34(21-8-6-20(28)7-9-21)24(22)13-18-10-11-33(16-23(18)26)38(36,37)25-15-29-32(2)31-25/h3-9,12,14-15,18,23,26H,10-11,13,16H2,1-2H3/p+1/t18-,23?,26+/m0/s1. The van der Waals surface area contributed by atoms with Gasteiger partial charge in [0.25, 0.3) is 10.0 Å². The van der Waals surface area contributed by atoms with E-state index in [0.717, 1.165) is 22.5 Å². The summed E-state index contributed by atoms with van der Waals surface area (Å²) < 4.78 is 43.7. The largest absolute Gasteiger partial charge is 0.346 e. The number of aromatic nitrogens is 5. The minimum Gasteiger partial charge on any atom is -0.293 e. The van der Waals surface area contributed by atoms with E-state index in [0.29, 0.717) is 24.9 Å². The number of nitrogens with zero attached hydrogens (tertiary/aromatic N) is 5. The Morgan fingerprint density at radius 3 is 2.66 bits per heavy atom. The van der Waals surface area contributed by atoms with Crippen molar-refractivity contribution in [2.24, 2.45) is 18.9 Å². The lowest BCUT2D eigenvalue weighted by Gasteiger charge is -2.43. The van der Waals surface area contributed by atoms with Crippen LogP contribution < -0.4 is 5.10 Å². The summed E-state index contributed by atoms with van der Waals surface area (Å²) in [4.78, 5) is 15.5. The number of hydrogen-bond acceptors (Lipinski definition) is 5. The highest BCUT2D eigenvalue weighted by atomic mass is 32.2. The Morgan fingerprint density at radius 1 is 1.16 bits per heavy atom. The van der Waals surface area contributed by atoms with Gasteiger partial charge in [0.1, 0.15) is 5.82 Å². The number of sulfonamides is 1. The molecule has 2 aliphatic rings. The molecule has 2 aromatic carbocycles. The molecule has 1 unspecified atom stereocenters. The van der Waals surface area contributed by atoms with E-state index in [-0.39, 0.29) is 35.0 Å². The fourth-order valence-electron chi connectivity index (χ4n) is 5.91. The molecule has 11 heteroatoms. The molecule has 38 heavy (non-hydrogen) atoms. The van der Waals surface area contributed by atoms with E-state index in [1.807, 2.05) is 31.2 Å². The Bertz CT molecular complexity index is 1630. The SMILES string of the molecule is Cc1cccc(C(=O)[C@@H]2c3cnn(-c4ccc(F)cc4)c3C[C@@H]3CCN(S(=O)(=O)c4c[nH+]n(C)n4)CC32)c1. The molecule has 6 rings (SSSR count). The molecule has 4 aromatic rings. The molecule has 0 spiro atoms. The van der Waals surface area contributed by atoms with Gasteiger partial charge >= 0.3 is 5.03 Å². The molecule has 1 saturated heterocycles. The van der Waals surface area contributed by atoms with Crippen molar-refractivity contribution in [3.8, 4) is 5.69 Å². The van der Waals surface area contributed by atoms with Crippen molar-refractivity contribution in [3.05, 3.63) is 89.1 Å². The third-order valence-electron chi connectivity index (χ3n) is 7.77. The minimum absolute atomic E-state index is 0.0411. The summed E-state index contributed by atoms with van der Waals surface area (Å²) in [6, 6.07) is 13.6. The van der Waals surface area contributed by atoms with Crippen LogP contribution in [-0.2, 0) is 23.5 Å². The van der Waals surface area contributed by atoms with Crippen molar-refractivity contribution in [1.29, 1.82) is 0 Å². The van der Waals surface area contributed by atoms with Crippen LogP contribution in [0.2, 0.25) is 0 Å². The molecule has 1 aliphatic heterocycles. The number of carbonyl (C=O) groups excluding carboxylic acids is 1. The van der Waals surface area contributed by atoms with Crippen LogP contribution in [0.15, 0.2) is 66.0 Å². The summed E-state index contributed by atoms with van der Waals surface area (Å²) in [6.07, 6.45) is 4.35. The molecular formula is C27H28FN6O3S+. The molecule has 0 saturated carbocycles. The number of nitrogens with one attached hydrogen (secondary N) is 1. The molecule has 3 atom stereocenters. The maximum atomic E-state index is 14.1. The highest BCUT2D eigenvalue weighted by Crippen LogP contribution is 2.46. The topological polar surface area (TPSA) is 104 Å². The molecule has 9 nitrogen and oxygen atoms in total. The molecule has 0 amide bonds. The Morgan fingerprint density at radius 2 is 1.95 bits per heavy atom. The van der Waals surface area contributed by atoms with E-state index >= 15 is 0 Å². The summed E-state index contributed by atoms with van der Waals surface area (Å²) in [5, 5.41) is 11.4. The number of rotatable bonds is 5. The van der Waals surface area contributed by atoms with Gasteiger partial charge in [-0.25, -0.2) is 17.5 Å². The summed E-state index contributed by atoms with van der Waals surface area (Å²) in [5.74, 6) is -1.08. The van der Waals surface area contributed by atoms with Gasteiger partial charge in [-0.1, -0.05) is 23.8 Å². The number of piperidine rings is 1. The Hall–Kier alpha value is -3.70. The number of fused-ring (bicyclic) bond motifs is 2. The van der Waals surface area contributed by atoms with Gasteiger partial charge in [-0.3, -0.25) is 4.79 Å². The first kappa shape index (κ1) is 24.6. The highest BCUT2D eigenvalue weighted by molar-refractivity contribution is 7.89. The number of carbonyl (C=O) groups is 1. The monoisotopic (exact) mass is 535 g/mol. The first-order chi connectivity index (χ1) is 18.2. The van der Waals surface area contributed by atoms with Crippen LogP contribution in [0, 0.1) is 24.6 Å². The first-order valence-corrected chi connectivity index (χ1v) is 14.0. The van der Waals surface area contributed by atoms with Crippen molar-refractivity contribution < 1.29 is 22.7 Å². The summed E-state index contributed by atoms with van der Waals surface area (Å²) in [6.45, 7) is 2.50. The maximum absolute atomic E-state index is 14.1. The van der Waals surface area contributed by atoms with Crippen molar-refractivity contribution in [3.63, 3.8) is 0 Å². The second-order valence-corrected chi connectivity index (χ2v) is 12.0. The van der Waals surface area contributed by atoms with Crippen molar-refractivity contribution in [1.82, 2.24) is 24.0 Å². The van der Waals surface area contributed by atoms with Crippen LogP contribution in [0.25, 0.3) is 5.69 Å². The molecule has 1 aliphatic carbocycles. The van der Waals surface area contributed by atoms with E-state index in [4.69, 9.17) is 0 Å². The zero-order valence-electron chi connectivity index (χ0n) is 21.1. The van der Waals surface area contributed by atoms with Gasteiger partial charge in [0.2, 0.25) is 0 Å². The Kier molecular flexibility index (Phi) is 5.99. The van der Waals surface area contributed by atoms with Crippen molar-refractivity contribution in [2.45, 2.75) is 30.7 Å². The summed E-state index contributed by atoms with van der Waals surface area (Å²) in [7, 11) is -2.20. The Balaban J connectivity index is 1.42. The molecular weight excluding hydrogens is 507 g/mol. The third-order valence-corrected chi connectivity index (χ3v) is 9.51. The predicted molar refractivity (Wildman–Crippen MR) is 136 cm³/mol. The number of H-pyrrole nitrogens is 1. The number of ketones is 1. The normalized spacial score (nSPS) is 21.6. The minimum atomic E-state index is -3.83. The average molecular weight is 536 g/mol. The number of aromatic amines is 1. The number of aryl methyl sites for hydroxylation is 2. The fourth-order valence-corrected chi connectivity index (χ4v) is 7.32. The van der Waals surface area contributed by atoms with Gasteiger partial charge in [0.05, 0.1) is 29.9 Å². The molecule has 196 valence electrons. The molecule has 1 fully saturated rings. The van der Waals surface area contributed by atoms with Gasteiger partial charge in [0, 0.05) is 29.9 Å². The van der Waals surface area contributed by atoms with E-state index in [2.05, 4.69) is 15.3 Å². The van der Waals surface area contributed by atoms with Crippen LogP contribution >= 0.6 is 0 Å². The van der Waals surface area contributed by atoms with Gasteiger partial charge in [-0.2, -0.15) is 14.5 Å². The number of benzene rings is 2. The fraction of sp³-hybridized carbons (Fsp3) is 0.333. The molecule has 2 aromatic heterocycles. The van der Waals surface area contributed by atoms with Gasteiger partial charge in [0.15, 0.2) is 12.0 Å². The summed E-state index contributed by atoms with van der Waals surface area (Å²) in [5.41, 5.74) is 4.01. The van der Waals surface area contributed by atoms with Crippen LogP contribution in [0.3, 0.4) is 0 Å². The van der Waals surface area contributed by atoms with E-state index in [1.54, 1.807) is 30.1 Å². The molecule has 0 bridgehead atoms. The Labute approximate surface area is 219 Å². The first-order valence-electron chi connectivity index (χ1n) is 12.6. The van der Waals surface area contributed by atoms with Crippen LogP contribution in [0.4, 0.5) is 4.39 Å². The van der Waals surface area contributed by atoms with Gasteiger partial charge in [-0.15, -0.1) is 0 Å². The van der Waals surface area contributed by atoms with E-state index in [9.17, 15) is 17.6 Å². The zero-order valence-corrected chi connectivity index (χ0v) is 21.9. The highest BCUT2D eigenvalue weighted by Gasteiger charge is 2.48. The van der Waals surface area contributed by atoms with Crippen LogP contribution in [-0.4, -0.2) is 51.3 Å². The van der Waals surface area contributed by atoms with Crippen molar-refractivity contribution >= 4 is 15.8 Å². The van der Waals surface area contributed by atoms with E-state index in [1.165, 1.54) is 27.4 Å². The second kappa shape index (κ2) is 9.25. The van der Waals surface area contributed by atoms with Crippen LogP contribution in [0.1, 0.15) is 39.5 Å². The zero-order chi connectivity index (χ0) is 26.6. The smallest absolute Gasteiger partial charge is 0.293 e. The number of hydrogen-bond donors (Lipinski definition) is 0. The number of halogens is 1.